The van der Waals surface area contributed by atoms with Crippen LogP contribution in [0.3, 0.4) is 0 Å². The van der Waals surface area contributed by atoms with Crippen molar-refractivity contribution in [2.24, 2.45) is 0 Å². The van der Waals surface area contributed by atoms with E-state index in [2.05, 4.69) is 69.9 Å². The predicted octanol–water partition coefficient (Wildman–Crippen LogP) is 4.89. The molecule has 0 spiro atoms. The van der Waals surface area contributed by atoms with Crippen molar-refractivity contribution >= 4 is 11.8 Å². The van der Waals surface area contributed by atoms with Crippen LogP contribution >= 0.6 is 0 Å². The van der Waals surface area contributed by atoms with Crippen LogP contribution in [0.1, 0.15) is 45.7 Å². The van der Waals surface area contributed by atoms with E-state index in [-0.39, 0.29) is 11.8 Å². The molecule has 3 aliphatic heterocycles. The van der Waals surface area contributed by atoms with Gasteiger partial charge in [0.25, 0.3) is 5.91 Å². The van der Waals surface area contributed by atoms with E-state index in [1.54, 1.807) is 4.90 Å². The Morgan fingerprint density at radius 2 is 1.74 bits per heavy atom. The number of amides is 2. The smallest absolute Gasteiger partial charge is 0.255 e. The largest absolute Gasteiger partial charge is 0.489 e. The first-order valence-corrected chi connectivity index (χ1v) is 14.5. The molecule has 4 aromatic rings. The minimum absolute atomic E-state index is 0.121. The van der Waals surface area contributed by atoms with Crippen molar-refractivity contribution < 1.29 is 14.3 Å². The zero-order chi connectivity index (χ0) is 28.6. The molecule has 1 aromatic heterocycles. The minimum Gasteiger partial charge on any atom is -0.489 e. The molecule has 1 fully saturated rings. The van der Waals surface area contributed by atoms with E-state index in [9.17, 15) is 9.59 Å². The fourth-order valence-electron chi connectivity index (χ4n) is 6.22. The van der Waals surface area contributed by atoms with E-state index in [1.807, 2.05) is 30.5 Å². The van der Waals surface area contributed by atoms with Crippen molar-refractivity contribution in [1.82, 2.24) is 24.7 Å². The van der Waals surface area contributed by atoms with Crippen LogP contribution in [0.25, 0.3) is 11.3 Å². The fourth-order valence-corrected chi connectivity index (χ4v) is 6.22. The molecule has 42 heavy (non-hydrogen) atoms. The van der Waals surface area contributed by atoms with E-state index in [0.717, 1.165) is 43.1 Å². The number of carbonyl (C=O) groups excluding carboxylic acids is 2. The number of benzene rings is 3. The van der Waals surface area contributed by atoms with Gasteiger partial charge in [0.15, 0.2) is 0 Å². The molecule has 0 aliphatic carbocycles. The SMILES string of the molecule is C=C1CCC(N2Cc3c(OCc4ccc(CN5CCn6c(-c7ccccc7)cnc6C5)cc4)cccc3C2=O)C(=O)N1. The predicted molar refractivity (Wildman–Crippen MR) is 159 cm³/mol. The van der Waals surface area contributed by atoms with Gasteiger partial charge < -0.3 is 19.5 Å². The Labute approximate surface area is 245 Å². The van der Waals surface area contributed by atoms with Crippen LogP contribution in [0.15, 0.2) is 91.3 Å². The molecule has 0 bridgehead atoms. The molecule has 0 radical (unpaired) electrons. The third-order valence-electron chi connectivity index (χ3n) is 8.49. The number of fused-ring (bicyclic) bond motifs is 2. The molecule has 3 aliphatic rings. The van der Waals surface area contributed by atoms with E-state index in [0.29, 0.717) is 43.0 Å². The first-order chi connectivity index (χ1) is 20.5. The molecule has 1 saturated heterocycles. The van der Waals surface area contributed by atoms with Gasteiger partial charge in [0.2, 0.25) is 5.91 Å². The molecule has 8 nitrogen and oxygen atoms in total. The summed E-state index contributed by atoms with van der Waals surface area (Å²) in [6.07, 6.45) is 3.25. The number of hydrogen-bond acceptors (Lipinski definition) is 5. The number of nitrogens with one attached hydrogen (secondary N) is 1. The highest BCUT2D eigenvalue weighted by molar-refractivity contribution is 6.02. The van der Waals surface area contributed by atoms with Crippen LogP contribution in [-0.2, 0) is 37.6 Å². The highest BCUT2D eigenvalue weighted by atomic mass is 16.5. The monoisotopic (exact) mass is 559 g/mol. The van der Waals surface area contributed by atoms with Crippen LogP contribution in [-0.4, -0.2) is 43.8 Å². The lowest BCUT2D eigenvalue weighted by atomic mass is 10.0. The molecule has 7 rings (SSSR count). The van der Waals surface area contributed by atoms with E-state index < -0.39 is 6.04 Å². The quantitative estimate of drug-likeness (QED) is 0.349. The summed E-state index contributed by atoms with van der Waals surface area (Å²) >= 11 is 0. The summed E-state index contributed by atoms with van der Waals surface area (Å²) in [6, 6.07) is 24.0. The zero-order valence-electron chi connectivity index (χ0n) is 23.5. The maximum atomic E-state index is 13.1. The summed E-state index contributed by atoms with van der Waals surface area (Å²) in [5, 5.41) is 2.79. The lowest BCUT2D eigenvalue weighted by Crippen LogP contribution is -2.49. The molecule has 0 saturated carbocycles. The Morgan fingerprint density at radius 1 is 0.929 bits per heavy atom. The van der Waals surface area contributed by atoms with Gasteiger partial charge in [-0.15, -0.1) is 0 Å². The molecule has 2 amide bonds. The summed E-state index contributed by atoms with van der Waals surface area (Å²) in [5.41, 5.74) is 6.85. The van der Waals surface area contributed by atoms with Gasteiger partial charge in [-0.1, -0.05) is 67.2 Å². The lowest BCUT2D eigenvalue weighted by Gasteiger charge is -2.31. The summed E-state index contributed by atoms with van der Waals surface area (Å²) in [7, 11) is 0. The van der Waals surface area contributed by atoms with Gasteiger partial charge in [0.05, 0.1) is 25.0 Å². The number of ether oxygens (including phenoxy) is 1. The van der Waals surface area contributed by atoms with Gasteiger partial charge >= 0.3 is 0 Å². The Balaban J connectivity index is 0.967. The number of aromatic nitrogens is 2. The van der Waals surface area contributed by atoms with Crippen molar-refractivity contribution in [3.05, 3.63) is 119 Å². The van der Waals surface area contributed by atoms with E-state index in [1.165, 1.54) is 16.8 Å². The van der Waals surface area contributed by atoms with Crippen LogP contribution in [0.5, 0.6) is 5.75 Å². The molecule has 3 aromatic carbocycles. The Kier molecular flexibility index (Phi) is 6.83. The highest BCUT2D eigenvalue weighted by Gasteiger charge is 2.39. The highest BCUT2D eigenvalue weighted by Crippen LogP contribution is 2.34. The van der Waals surface area contributed by atoms with Crippen molar-refractivity contribution in [1.29, 1.82) is 0 Å². The number of allylic oxidation sites excluding steroid dienone is 1. The van der Waals surface area contributed by atoms with Crippen molar-refractivity contribution in [3.63, 3.8) is 0 Å². The molecule has 4 heterocycles. The Hall–Kier alpha value is -4.69. The molecule has 8 heteroatoms. The third-order valence-corrected chi connectivity index (χ3v) is 8.49. The molecular formula is C34H33N5O3. The van der Waals surface area contributed by atoms with Crippen molar-refractivity contribution in [2.75, 3.05) is 6.54 Å². The number of piperidine rings is 1. The molecule has 1 atom stereocenters. The van der Waals surface area contributed by atoms with Crippen molar-refractivity contribution in [2.45, 2.75) is 51.7 Å². The summed E-state index contributed by atoms with van der Waals surface area (Å²) in [6.45, 7) is 8.20. The van der Waals surface area contributed by atoms with Gasteiger partial charge in [-0.2, -0.15) is 0 Å². The first-order valence-electron chi connectivity index (χ1n) is 14.5. The summed E-state index contributed by atoms with van der Waals surface area (Å²) in [4.78, 5) is 34.5. The molecule has 212 valence electrons. The standard InChI is InChI=1S/C34H33N5O3/c1-23-10-15-29(33(40)36-23)39-20-28-27(34(39)41)8-5-9-31(28)42-22-25-13-11-24(12-14-25)19-37-16-17-38-30(18-35-32(38)21-37)26-6-3-2-4-7-26/h2-9,11-14,18,29H,1,10,15-17,19-22H2,(H,36,40). The Morgan fingerprint density at radius 3 is 2.55 bits per heavy atom. The fraction of sp³-hybridized carbons (Fsp3) is 0.265. The first kappa shape index (κ1) is 26.2. The minimum atomic E-state index is -0.485. The number of carbonyl (C=O) groups is 2. The maximum absolute atomic E-state index is 13.1. The summed E-state index contributed by atoms with van der Waals surface area (Å²) in [5.74, 6) is 1.50. The second-order valence-corrected chi connectivity index (χ2v) is 11.3. The van der Waals surface area contributed by atoms with Crippen LogP contribution < -0.4 is 10.1 Å². The zero-order valence-corrected chi connectivity index (χ0v) is 23.5. The average molecular weight is 560 g/mol. The lowest BCUT2D eigenvalue weighted by molar-refractivity contribution is -0.126. The number of imidazole rings is 1. The second kappa shape index (κ2) is 10.9. The number of hydrogen-bond donors (Lipinski definition) is 1. The van der Waals surface area contributed by atoms with Crippen molar-refractivity contribution in [3.8, 4) is 17.0 Å². The topological polar surface area (TPSA) is 79.7 Å². The van der Waals surface area contributed by atoms with Gasteiger partial charge in [0, 0.05) is 36.5 Å². The average Bonchev–Trinajstić information content (AvgIpc) is 3.58. The number of nitrogens with zero attached hydrogens (tertiary/aromatic N) is 4. The molecular weight excluding hydrogens is 526 g/mol. The molecule has 1 unspecified atom stereocenters. The second-order valence-electron chi connectivity index (χ2n) is 11.3. The summed E-state index contributed by atoms with van der Waals surface area (Å²) < 4.78 is 8.55. The van der Waals surface area contributed by atoms with Gasteiger partial charge in [-0.3, -0.25) is 14.5 Å². The normalized spacial score (nSPS) is 18.5. The van der Waals surface area contributed by atoms with Gasteiger partial charge in [0.1, 0.15) is 24.2 Å². The van der Waals surface area contributed by atoms with Crippen LogP contribution in [0.2, 0.25) is 0 Å². The van der Waals surface area contributed by atoms with E-state index >= 15 is 0 Å². The van der Waals surface area contributed by atoms with Crippen LogP contribution in [0, 0.1) is 0 Å². The maximum Gasteiger partial charge on any atom is 0.255 e. The van der Waals surface area contributed by atoms with Gasteiger partial charge in [-0.25, -0.2) is 4.98 Å². The van der Waals surface area contributed by atoms with Crippen LogP contribution in [0.4, 0.5) is 0 Å². The van der Waals surface area contributed by atoms with E-state index in [4.69, 9.17) is 9.72 Å². The van der Waals surface area contributed by atoms with Gasteiger partial charge in [-0.05, 0) is 41.7 Å². The molecule has 1 N–H and O–H groups in total. The Bertz CT molecular complexity index is 1660. The number of rotatable bonds is 7. The third kappa shape index (κ3) is 4.99.